The first-order chi connectivity index (χ1) is 9.60. The van der Waals surface area contributed by atoms with Gasteiger partial charge in [-0.3, -0.25) is 0 Å². The molecule has 110 valence electrons. The molecule has 4 heteroatoms. The summed E-state index contributed by atoms with van der Waals surface area (Å²) in [4.78, 5) is 13.8. The molecule has 20 heavy (non-hydrogen) atoms. The van der Waals surface area contributed by atoms with Gasteiger partial charge in [-0.05, 0) is 51.1 Å². The molecule has 1 N–H and O–H groups in total. The van der Waals surface area contributed by atoms with E-state index in [0.717, 1.165) is 13.1 Å². The Labute approximate surface area is 121 Å². The normalized spacial score (nSPS) is 23.6. The third kappa shape index (κ3) is 3.81. The van der Waals surface area contributed by atoms with Gasteiger partial charge in [-0.15, -0.1) is 0 Å². The molecule has 1 heterocycles. The smallest absolute Gasteiger partial charge is 0.337 e. The lowest BCUT2D eigenvalue weighted by Crippen LogP contribution is -2.45. The number of carbonyl (C=O) groups is 1. The van der Waals surface area contributed by atoms with Crippen LogP contribution in [-0.2, 0) is 11.3 Å². The Morgan fingerprint density at radius 3 is 2.70 bits per heavy atom. The third-order valence-corrected chi connectivity index (χ3v) is 4.18. The molecule has 0 amide bonds. The molecule has 1 aliphatic heterocycles. The summed E-state index contributed by atoms with van der Waals surface area (Å²) in [5.41, 5.74) is 1.80. The van der Waals surface area contributed by atoms with Crippen molar-refractivity contribution in [3.63, 3.8) is 0 Å². The highest BCUT2D eigenvalue weighted by Crippen LogP contribution is 2.16. The summed E-state index contributed by atoms with van der Waals surface area (Å²) in [6.45, 7) is 4.28. The van der Waals surface area contributed by atoms with Crippen LogP contribution in [0.3, 0.4) is 0 Å². The van der Waals surface area contributed by atoms with Crippen LogP contribution in [0, 0.1) is 0 Å². The molecule has 0 spiro atoms. The molecular weight excluding hydrogens is 252 g/mol. The van der Waals surface area contributed by atoms with E-state index in [9.17, 15) is 4.79 Å². The van der Waals surface area contributed by atoms with E-state index >= 15 is 0 Å². The first-order valence-corrected chi connectivity index (χ1v) is 7.21. The average Bonchev–Trinajstić information content (AvgIpc) is 2.48. The SMILES string of the molecule is COC(=O)c1ccc(CNC2CCN(C)C(C)C2)cc1. The minimum absolute atomic E-state index is 0.284. The maximum atomic E-state index is 11.4. The topological polar surface area (TPSA) is 41.6 Å². The lowest BCUT2D eigenvalue weighted by atomic mass is 9.98. The monoisotopic (exact) mass is 276 g/mol. The zero-order chi connectivity index (χ0) is 14.5. The first kappa shape index (κ1) is 15.0. The highest BCUT2D eigenvalue weighted by molar-refractivity contribution is 5.89. The van der Waals surface area contributed by atoms with E-state index < -0.39 is 0 Å². The molecule has 1 aromatic rings. The molecule has 0 bridgehead atoms. The Morgan fingerprint density at radius 2 is 2.10 bits per heavy atom. The van der Waals surface area contributed by atoms with E-state index in [1.54, 1.807) is 0 Å². The summed E-state index contributed by atoms with van der Waals surface area (Å²) in [7, 11) is 3.59. The summed E-state index contributed by atoms with van der Waals surface area (Å²) < 4.78 is 4.69. The number of likely N-dealkylation sites (tertiary alicyclic amines) is 1. The highest BCUT2D eigenvalue weighted by Gasteiger charge is 2.22. The van der Waals surface area contributed by atoms with Crippen molar-refractivity contribution in [2.24, 2.45) is 0 Å². The van der Waals surface area contributed by atoms with E-state index in [2.05, 4.69) is 24.2 Å². The van der Waals surface area contributed by atoms with Crippen molar-refractivity contribution in [3.05, 3.63) is 35.4 Å². The minimum atomic E-state index is -0.284. The molecular formula is C16H24N2O2. The zero-order valence-corrected chi connectivity index (χ0v) is 12.6. The molecule has 0 aromatic heterocycles. The van der Waals surface area contributed by atoms with E-state index in [-0.39, 0.29) is 5.97 Å². The van der Waals surface area contributed by atoms with Crippen LogP contribution in [0.1, 0.15) is 35.7 Å². The second-order valence-electron chi connectivity index (χ2n) is 5.62. The van der Waals surface area contributed by atoms with Gasteiger partial charge in [0.15, 0.2) is 0 Å². The summed E-state index contributed by atoms with van der Waals surface area (Å²) in [5.74, 6) is -0.284. The Bertz CT molecular complexity index is 444. The van der Waals surface area contributed by atoms with E-state index in [1.165, 1.54) is 25.5 Å². The van der Waals surface area contributed by atoms with Crippen molar-refractivity contribution in [3.8, 4) is 0 Å². The standard InChI is InChI=1S/C16H24N2O2/c1-12-10-15(8-9-18(12)2)17-11-13-4-6-14(7-5-13)16(19)20-3/h4-7,12,15,17H,8-11H2,1-3H3. The fourth-order valence-electron chi connectivity index (χ4n) is 2.61. The second-order valence-corrected chi connectivity index (χ2v) is 5.62. The number of nitrogens with one attached hydrogen (secondary N) is 1. The Balaban J connectivity index is 1.84. The summed E-state index contributed by atoms with van der Waals surface area (Å²) in [6, 6.07) is 8.83. The highest BCUT2D eigenvalue weighted by atomic mass is 16.5. The van der Waals surface area contributed by atoms with Gasteiger partial charge in [0.05, 0.1) is 12.7 Å². The van der Waals surface area contributed by atoms with Gasteiger partial charge in [-0.25, -0.2) is 4.79 Å². The number of esters is 1. The predicted molar refractivity (Wildman–Crippen MR) is 79.7 cm³/mol. The van der Waals surface area contributed by atoms with E-state index in [1.807, 2.05) is 24.3 Å². The molecule has 1 fully saturated rings. The van der Waals surface area contributed by atoms with Crippen molar-refractivity contribution in [2.45, 2.75) is 38.4 Å². The van der Waals surface area contributed by atoms with Crippen LogP contribution in [0.5, 0.6) is 0 Å². The number of hydrogen-bond donors (Lipinski definition) is 1. The summed E-state index contributed by atoms with van der Waals surface area (Å²) in [5, 5.41) is 3.61. The summed E-state index contributed by atoms with van der Waals surface area (Å²) >= 11 is 0. The second kappa shape index (κ2) is 6.86. The van der Waals surface area contributed by atoms with Gasteiger partial charge in [0.1, 0.15) is 0 Å². The largest absolute Gasteiger partial charge is 0.465 e. The molecule has 0 radical (unpaired) electrons. The Hall–Kier alpha value is -1.39. The van der Waals surface area contributed by atoms with Gasteiger partial charge in [0.25, 0.3) is 0 Å². The molecule has 2 atom stereocenters. The molecule has 1 saturated heterocycles. The van der Waals surface area contributed by atoms with Crippen LogP contribution in [0.4, 0.5) is 0 Å². The maximum Gasteiger partial charge on any atom is 0.337 e. The number of carbonyl (C=O) groups excluding carboxylic acids is 1. The van der Waals surface area contributed by atoms with Crippen molar-refractivity contribution in [2.75, 3.05) is 20.7 Å². The van der Waals surface area contributed by atoms with E-state index in [0.29, 0.717) is 17.6 Å². The number of ether oxygens (including phenoxy) is 1. The maximum absolute atomic E-state index is 11.4. The average molecular weight is 276 g/mol. The number of nitrogens with zero attached hydrogens (tertiary/aromatic N) is 1. The van der Waals surface area contributed by atoms with Gasteiger partial charge in [-0.1, -0.05) is 12.1 Å². The lowest BCUT2D eigenvalue weighted by Gasteiger charge is -2.35. The Morgan fingerprint density at radius 1 is 1.40 bits per heavy atom. The molecule has 1 aromatic carbocycles. The van der Waals surface area contributed by atoms with Crippen molar-refractivity contribution < 1.29 is 9.53 Å². The predicted octanol–water partition coefficient (Wildman–Crippen LogP) is 2.05. The van der Waals surface area contributed by atoms with Gasteiger partial charge in [-0.2, -0.15) is 0 Å². The fraction of sp³-hybridized carbons (Fsp3) is 0.562. The van der Waals surface area contributed by atoms with Crippen molar-refractivity contribution >= 4 is 5.97 Å². The fourth-order valence-corrected chi connectivity index (χ4v) is 2.61. The van der Waals surface area contributed by atoms with Gasteiger partial charge in [0, 0.05) is 18.6 Å². The third-order valence-electron chi connectivity index (χ3n) is 4.18. The molecule has 2 unspecified atom stereocenters. The lowest BCUT2D eigenvalue weighted by molar-refractivity contribution is 0.0600. The quantitative estimate of drug-likeness (QED) is 0.855. The minimum Gasteiger partial charge on any atom is -0.465 e. The first-order valence-electron chi connectivity index (χ1n) is 7.21. The molecule has 4 nitrogen and oxygen atoms in total. The van der Waals surface area contributed by atoms with Gasteiger partial charge < -0.3 is 15.0 Å². The molecule has 0 saturated carbocycles. The van der Waals surface area contributed by atoms with Crippen LogP contribution < -0.4 is 5.32 Å². The van der Waals surface area contributed by atoms with Gasteiger partial charge >= 0.3 is 5.97 Å². The van der Waals surface area contributed by atoms with E-state index in [4.69, 9.17) is 4.74 Å². The number of piperidine rings is 1. The van der Waals surface area contributed by atoms with Crippen LogP contribution >= 0.6 is 0 Å². The molecule has 2 rings (SSSR count). The van der Waals surface area contributed by atoms with Crippen LogP contribution in [-0.4, -0.2) is 43.7 Å². The van der Waals surface area contributed by atoms with Crippen molar-refractivity contribution in [1.82, 2.24) is 10.2 Å². The zero-order valence-electron chi connectivity index (χ0n) is 12.6. The number of rotatable bonds is 4. The number of benzene rings is 1. The Kier molecular flexibility index (Phi) is 5.15. The molecule has 0 aliphatic carbocycles. The number of hydrogen-bond acceptors (Lipinski definition) is 4. The van der Waals surface area contributed by atoms with Gasteiger partial charge in [0.2, 0.25) is 0 Å². The summed E-state index contributed by atoms with van der Waals surface area (Å²) in [6.07, 6.45) is 2.39. The van der Waals surface area contributed by atoms with Crippen LogP contribution in [0.25, 0.3) is 0 Å². The van der Waals surface area contributed by atoms with Crippen LogP contribution in [0.2, 0.25) is 0 Å². The van der Waals surface area contributed by atoms with Crippen LogP contribution in [0.15, 0.2) is 24.3 Å². The number of methoxy groups -OCH3 is 1. The molecule has 1 aliphatic rings. The van der Waals surface area contributed by atoms with Crippen molar-refractivity contribution in [1.29, 1.82) is 0 Å².